The van der Waals surface area contributed by atoms with Gasteiger partial charge in [-0.05, 0) is 53.3 Å². The number of hydrogen-bond donors (Lipinski definition) is 1. The Morgan fingerprint density at radius 1 is 1.00 bits per heavy atom. The molecule has 1 aromatic heterocycles. The van der Waals surface area contributed by atoms with Crippen LogP contribution in [0.2, 0.25) is 0 Å². The Balaban J connectivity index is 1.32. The summed E-state index contributed by atoms with van der Waals surface area (Å²) >= 11 is 0. The maximum atomic E-state index is 5.90. The van der Waals surface area contributed by atoms with Gasteiger partial charge in [0.05, 0.1) is 6.04 Å². The number of anilines is 1. The molecule has 1 aliphatic heterocycles. The van der Waals surface area contributed by atoms with E-state index in [0.29, 0.717) is 12.6 Å². The number of benzene rings is 2. The first-order chi connectivity index (χ1) is 13.8. The fraction of sp³-hybridized carbons (Fsp3) is 0.167. The van der Waals surface area contributed by atoms with E-state index < -0.39 is 0 Å². The molecule has 138 valence electrons. The highest BCUT2D eigenvalue weighted by atomic mass is 16.5. The summed E-state index contributed by atoms with van der Waals surface area (Å²) in [5, 5.41) is 3.35. The third-order valence-electron chi connectivity index (χ3n) is 5.26. The predicted molar refractivity (Wildman–Crippen MR) is 113 cm³/mol. The quantitative estimate of drug-likeness (QED) is 0.689. The number of amidine groups is 1. The number of hydrogen-bond acceptors (Lipinski definition) is 3. The largest absolute Gasteiger partial charge is 0.460 e. The lowest BCUT2D eigenvalue weighted by atomic mass is 10.1. The third kappa shape index (κ3) is 3.41. The Labute approximate surface area is 164 Å². The van der Waals surface area contributed by atoms with Crippen LogP contribution in [0.4, 0.5) is 5.69 Å². The summed E-state index contributed by atoms with van der Waals surface area (Å²) in [6, 6.07) is 19.7. The van der Waals surface area contributed by atoms with Crippen molar-refractivity contribution in [3.05, 3.63) is 94.8 Å². The molecule has 2 aromatic carbocycles. The first-order valence-electron chi connectivity index (χ1n) is 9.62. The molecule has 0 fully saturated rings. The zero-order valence-corrected chi connectivity index (χ0v) is 15.5. The minimum Gasteiger partial charge on any atom is -0.460 e. The normalized spacial score (nSPS) is 19.1. The molecular weight excluding hydrogens is 346 g/mol. The van der Waals surface area contributed by atoms with Crippen LogP contribution in [-0.2, 0) is 17.8 Å². The summed E-state index contributed by atoms with van der Waals surface area (Å²) in [6.07, 6.45) is 9.92. The van der Waals surface area contributed by atoms with E-state index in [1.54, 1.807) is 6.20 Å². The van der Waals surface area contributed by atoms with E-state index in [1.165, 1.54) is 11.1 Å². The minimum absolute atomic E-state index is 0.182. The molecule has 4 nitrogen and oxygen atoms in total. The molecule has 0 saturated heterocycles. The summed E-state index contributed by atoms with van der Waals surface area (Å²) < 4.78 is 5.90. The van der Waals surface area contributed by atoms with Crippen LogP contribution >= 0.6 is 0 Å². The van der Waals surface area contributed by atoms with Crippen LogP contribution in [0.15, 0.2) is 72.0 Å². The van der Waals surface area contributed by atoms with Crippen molar-refractivity contribution < 1.29 is 4.74 Å². The average molecular weight is 367 g/mol. The molecule has 2 heterocycles. The number of aliphatic imine (C=N–C) groups is 1. The summed E-state index contributed by atoms with van der Waals surface area (Å²) in [6.45, 7) is 0.532. The molecule has 2 aliphatic rings. The highest BCUT2D eigenvalue weighted by Crippen LogP contribution is 2.34. The molecule has 28 heavy (non-hydrogen) atoms. The van der Waals surface area contributed by atoms with Gasteiger partial charge >= 0.3 is 0 Å². The number of aromatic nitrogens is 1. The lowest BCUT2D eigenvalue weighted by Crippen LogP contribution is -2.23. The SMILES string of the molecule is C(=Cc1ccc2c(c1)COC(=N[C@@H]1CCc3ccccc31)N2)c1cccnc1. The first kappa shape index (κ1) is 16.8. The van der Waals surface area contributed by atoms with Gasteiger partial charge in [-0.2, -0.15) is 0 Å². The second-order valence-corrected chi connectivity index (χ2v) is 7.14. The Bertz CT molecular complexity index is 1060. The van der Waals surface area contributed by atoms with Gasteiger partial charge in [-0.25, -0.2) is 4.99 Å². The van der Waals surface area contributed by atoms with Crippen molar-refractivity contribution in [2.45, 2.75) is 25.5 Å². The number of nitrogens with one attached hydrogen (secondary N) is 1. The van der Waals surface area contributed by atoms with Crippen molar-refractivity contribution in [3.8, 4) is 0 Å². The first-order valence-corrected chi connectivity index (χ1v) is 9.62. The topological polar surface area (TPSA) is 46.5 Å². The van der Waals surface area contributed by atoms with Crippen LogP contribution in [0, 0.1) is 0 Å². The molecule has 0 spiro atoms. The van der Waals surface area contributed by atoms with Gasteiger partial charge in [0, 0.05) is 23.6 Å². The fourth-order valence-corrected chi connectivity index (χ4v) is 3.80. The fourth-order valence-electron chi connectivity index (χ4n) is 3.80. The molecule has 1 N–H and O–H groups in total. The molecule has 1 aliphatic carbocycles. The Morgan fingerprint density at radius 3 is 2.86 bits per heavy atom. The highest BCUT2D eigenvalue weighted by Gasteiger charge is 2.23. The van der Waals surface area contributed by atoms with Crippen molar-refractivity contribution in [2.24, 2.45) is 4.99 Å². The second-order valence-electron chi connectivity index (χ2n) is 7.14. The lowest BCUT2D eigenvalue weighted by Gasteiger charge is -2.22. The molecular formula is C24H21N3O. The number of aryl methyl sites for hydroxylation is 1. The van der Waals surface area contributed by atoms with Gasteiger partial charge < -0.3 is 10.1 Å². The van der Waals surface area contributed by atoms with Crippen LogP contribution < -0.4 is 5.32 Å². The zero-order valence-electron chi connectivity index (χ0n) is 15.5. The van der Waals surface area contributed by atoms with Gasteiger partial charge in [0.25, 0.3) is 6.02 Å². The van der Waals surface area contributed by atoms with Gasteiger partial charge in [-0.1, -0.05) is 48.6 Å². The van der Waals surface area contributed by atoms with E-state index in [1.807, 2.05) is 18.3 Å². The standard InChI is InChI=1S/C24H21N3O/c1-2-6-21-19(5-1)10-12-23(21)27-24-26-22-11-9-17(14-20(22)16-28-24)7-8-18-4-3-13-25-15-18/h1-9,11,13-15,23H,10,12,16H2,(H,26,27)/t23-/m1/s1. The molecule has 1 atom stereocenters. The zero-order chi connectivity index (χ0) is 18.8. The van der Waals surface area contributed by atoms with Gasteiger partial charge in [-0.15, -0.1) is 0 Å². The van der Waals surface area contributed by atoms with Crippen molar-refractivity contribution in [3.63, 3.8) is 0 Å². The van der Waals surface area contributed by atoms with E-state index in [-0.39, 0.29) is 6.04 Å². The molecule has 5 rings (SSSR count). The summed E-state index contributed by atoms with van der Waals surface area (Å²) in [4.78, 5) is 8.97. The molecule has 0 amide bonds. The van der Waals surface area contributed by atoms with Gasteiger partial charge in [0.1, 0.15) is 6.61 Å². The monoisotopic (exact) mass is 367 g/mol. The molecule has 4 heteroatoms. The van der Waals surface area contributed by atoms with Crippen LogP contribution in [0.1, 0.15) is 40.3 Å². The van der Waals surface area contributed by atoms with E-state index >= 15 is 0 Å². The lowest BCUT2D eigenvalue weighted by molar-refractivity contribution is 0.282. The smallest absolute Gasteiger partial charge is 0.290 e. The van der Waals surface area contributed by atoms with Crippen LogP contribution in [0.3, 0.4) is 0 Å². The average Bonchev–Trinajstić information content (AvgIpc) is 3.16. The number of nitrogens with zero attached hydrogens (tertiary/aromatic N) is 2. The summed E-state index contributed by atoms with van der Waals surface area (Å²) in [7, 11) is 0. The minimum atomic E-state index is 0.182. The van der Waals surface area contributed by atoms with Crippen LogP contribution in [-0.4, -0.2) is 11.0 Å². The number of fused-ring (bicyclic) bond motifs is 2. The summed E-state index contributed by atoms with van der Waals surface area (Å²) in [5.74, 6) is 0. The van der Waals surface area contributed by atoms with E-state index in [4.69, 9.17) is 9.73 Å². The second kappa shape index (κ2) is 7.31. The molecule has 0 radical (unpaired) electrons. The maximum absolute atomic E-state index is 5.90. The van der Waals surface area contributed by atoms with Gasteiger partial charge in [0.15, 0.2) is 0 Å². The highest BCUT2D eigenvalue weighted by molar-refractivity contribution is 5.92. The predicted octanol–water partition coefficient (Wildman–Crippen LogP) is 5.24. The Hall–Kier alpha value is -3.40. The van der Waals surface area contributed by atoms with E-state index in [2.05, 4.69) is 64.9 Å². The van der Waals surface area contributed by atoms with E-state index in [0.717, 1.165) is 35.2 Å². The van der Waals surface area contributed by atoms with Gasteiger partial charge in [0.2, 0.25) is 0 Å². The molecule has 0 saturated carbocycles. The molecule has 0 bridgehead atoms. The van der Waals surface area contributed by atoms with E-state index in [9.17, 15) is 0 Å². The molecule has 0 unspecified atom stereocenters. The maximum Gasteiger partial charge on any atom is 0.290 e. The Kier molecular flexibility index (Phi) is 4.37. The van der Waals surface area contributed by atoms with Crippen molar-refractivity contribution in [1.82, 2.24) is 4.98 Å². The van der Waals surface area contributed by atoms with Crippen molar-refractivity contribution in [1.29, 1.82) is 0 Å². The van der Waals surface area contributed by atoms with Crippen LogP contribution in [0.25, 0.3) is 12.2 Å². The van der Waals surface area contributed by atoms with Crippen molar-refractivity contribution in [2.75, 3.05) is 5.32 Å². The molecule has 3 aromatic rings. The third-order valence-corrected chi connectivity index (χ3v) is 5.26. The Morgan fingerprint density at radius 2 is 1.93 bits per heavy atom. The van der Waals surface area contributed by atoms with Crippen molar-refractivity contribution >= 4 is 23.9 Å². The van der Waals surface area contributed by atoms with Crippen LogP contribution in [0.5, 0.6) is 0 Å². The van der Waals surface area contributed by atoms with Gasteiger partial charge in [-0.3, -0.25) is 4.98 Å². The summed E-state index contributed by atoms with van der Waals surface area (Å²) in [5.41, 5.74) is 7.15. The number of pyridine rings is 1. The number of ether oxygens (including phenoxy) is 1. The number of rotatable bonds is 3.